The van der Waals surface area contributed by atoms with Crippen molar-refractivity contribution >= 4 is 34.1 Å². The van der Waals surface area contributed by atoms with Crippen molar-refractivity contribution in [2.75, 3.05) is 0 Å². The Morgan fingerprint density at radius 2 is 2.07 bits per heavy atom. The van der Waals surface area contributed by atoms with Crippen molar-refractivity contribution in [2.45, 2.75) is 12.3 Å². The highest BCUT2D eigenvalue weighted by molar-refractivity contribution is 6.31. The molecule has 1 atom stereocenters. The van der Waals surface area contributed by atoms with Crippen LogP contribution in [0, 0.1) is 0 Å². The van der Waals surface area contributed by atoms with Gasteiger partial charge in [0.25, 0.3) is 0 Å². The van der Waals surface area contributed by atoms with Crippen molar-refractivity contribution < 1.29 is 0 Å². The van der Waals surface area contributed by atoms with E-state index in [1.54, 1.807) is 6.20 Å². The minimum Gasteiger partial charge on any atom is -0.255 e. The quantitative estimate of drug-likeness (QED) is 0.664. The highest BCUT2D eigenvalue weighted by atomic mass is 35.5. The Morgan fingerprint density at radius 1 is 1.29 bits per heavy atom. The predicted molar refractivity (Wildman–Crippen MR) is 61.0 cm³/mol. The predicted octanol–water partition coefficient (Wildman–Crippen LogP) is 4.19. The van der Waals surface area contributed by atoms with Gasteiger partial charge in [0.15, 0.2) is 0 Å². The summed E-state index contributed by atoms with van der Waals surface area (Å²) in [6.45, 7) is 1.95. The molecule has 0 spiro atoms. The zero-order valence-corrected chi connectivity index (χ0v) is 9.18. The van der Waals surface area contributed by atoms with Crippen LogP contribution in [0.3, 0.4) is 0 Å². The van der Waals surface area contributed by atoms with Crippen molar-refractivity contribution in [3.63, 3.8) is 0 Å². The normalized spacial score (nSPS) is 13.1. The van der Waals surface area contributed by atoms with E-state index in [-0.39, 0.29) is 5.38 Å². The first kappa shape index (κ1) is 9.75. The van der Waals surface area contributed by atoms with Crippen molar-refractivity contribution in [1.29, 1.82) is 0 Å². The summed E-state index contributed by atoms with van der Waals surface area (Å²) in [5.74, 6) is 0. The monoisotopic (exact) mass is 225 g/mol. The summed E-state index contributed by atoms with van der Waals surface area (Å²) in [7, 11) is 0. The highest BCUT2D eigenvalue weighted by Crippen LogP contribution is 2.24. The molecule has 1 aromatic heterocycles. The van der Waals surface area contributed by atoms with E-state index >= 15 is 0 Å². The fourth-order valence-corrected chi connectivity index (χ4v) is 1.67. The van der Waals surface area contributed by atoms with E-state index in [0.717, 1.165) is 16.5 Å². The second-order valence-electron chi connectivity index (χ2n) is 3.22. The maximum absolute atomic E-state index is 5.99. The molecular formula is C11H9Cl2N. The van der Waals surface area contributed by atoms with Gasteiger partial charge in [0.05, 0.1) is 15.9 Å². The van der Waals surface area contributed by atoms with Crippen molar-refractivity contribution in [3.05, 3.63) is 41.0 Å². The first-order valence-electron chi connectivity index (χ1n) is 4.36. The SMILES string of the molecule is CC(Cl)c1ccc2ncc(Cl)cc2c1. The Labute approximate surface area is 92.7 Å². The van der Waals surface area contributed by atoms with Crippen LogP contribution in [-0.4, -0.2) is 4.98 Å². The number of halogens is 2. The van der Waals surface area contributed by atoms with Gasteiger partial charge in [0.2, 0.25) is 0 Å². The van der Waals surface area contributed by atoms with Crippen molar-refractivity contribution in [3.8, 4) is 0 Å². The minimum atomic E-state index is 0.0124. The van der Waals surface area contributed by atoms with Gasteiger partial charge in [-0.1, -0.05) is 17.7 Å². The summed E-state index contributed by atoms with van der Waals surface area (Å²) in [5, 5.41) is 1.69. The molecule has 0 aliphatic rings. The topological polar surface area (TPSA) is 12.9 Å². The standard InChI is InChI=1S/C11H9Cl2N/c1-7(12)8-2-3-11-9(4-8)5-10(13)6-14-11/h2-7H,1H3. The molecule has 2 rings (SSSR count). The molecule has 0 bridgehead atoms. The molecule has 0 N–H and O–H groups in total. The van der Waals surface area contributed by atoms with E-state index in [4.69, 9.17) is 23.2 Å². The smallest absolute Gasteiger partial charge is 0.0703 e. The molecule has 2 aromatic rings. The van der Waals surface area contributed by atoms with Crippen LogP contribution in [0.2, 0.25) is 5.02 Å². The van der Waals surface area contributed by atoms with Gasteiger partial charge < -0.3 is 0 Å². The number of rotatable bonds is 1. The fourth-order valence-electron chi connectivity index (χ4n) is 1.37. The Hall–Kier alpha value is -0.790. The zero-order chi connectivity index (χ0) is 10.1. The van der Waals surface area contributed by atoms with Crippen LogP contribution in [0.15, 0.2) is 30.5 Å². The summed E-state index contributed by atoms with van der Waals surface area (Å²) >= 11 is 11.8. The maximum atomic E-state index is 5.99. The molecule has 0 saturated carbocycles. The fraction of sp³-hybridized carbons (Fsp3) is 0.182. The third-order valence-electron chi connectivity index (χ3n) is 2.13. The molecule has 1 aromatic carbocycles. The number of fused-ring (bicyclic) bond motifs is 1. The molecule has 1 unspecified atom stereocenters. The maximum Gasteiger partial charge on any atom is 0.0703 e. The Morgan fingerprint density at radius 3 is 2.79 bits per heavy atom. The van der Waals surface area contributed by atoms with Crippen molar-refractivity contribution in [1.82, 2.24) is 4.98 Å². The third-order valence-corrected chi connectivity index (χ3v) is 2.59. The van der Waals surface area contributed by atoms with Crippen LogP contribution < -0.4 is 0 Å². The summed E-state index contributed by atoms with van der Waals surface area (Å²) in [5.41, 5.74) is 2.03. The average Bonchev–Trinajstić information content (AvgIpc) is 2.16. The number of nitrogens with zero attached hydrogens (tertiary/aromatic N) is 1. The minimum absolute atomic E-state index is 0.0124. The van der Waals surface area contributed by atoms with Crippen LogP contribution in [-0.2, 0) is 0 Å². The lowest BCUT2D eigenvalue weighted by molar-refractivity contribution is 1.09. The Kier molecular flexibility index (Phi) is 2.62. The second-order valence-corrected chi connectivity index (χ2v) is 4.31. The molecule has 0 aliphatic carbocycles. The number of hydrogen-bond acceptors (Lipinski definition) is 1. The van der Waals surface area contributed by atoms with Crippen molar-refractivity contribution in [2.24, 2.45) is 0 Å². The molecule has 1 heterocycles. The van der Waals surface area contributed by atoms with E-state index < -0.39 is 0 Å². The number of benzene rings is 1. The molecule has 0 aliphatic heterocycles. The molecule has 3 heteroatoms. The zero-order valence-electron chi connectivity index (χ0n) is 7.67. The summed E-state index contributed by atoms with van der Waals surface area (Å²) < 4.78 is 0. The van der Waals surface area contributed by atoms with E-state index in [9.17, 15) is 0 Å². The molecule has 72 valence electrons. The average molecular weight is 226 g/mol. The summed E-state index contributed by atoms with van der Waals surface area (Å²) in [6.07, 6.45) is 1.65. The molecule has 1 nitrogen and oxygen atoms in total. The number of hydrogen-bond donors (Lipinski definition) is 0. The molecule has 0 radical (unpaired) electrons. The van der Waals surface area contributed by atoms with Crippen LogP contribution in [0.25, 0.3) is 10.9 Å². The lowest BCUT2D eigenvalue weighted by atomic mass is 10.1. The van der Waals surface area contributed by atoms with Gasteiger partial charge in [0.1, 0.15) is 0 Å². The lowest BCUT2D eigenvalue weighted by Crippen LogP contribution is -1.85. The largest absolute Gasteiger partial charge is 0.255 e. The van der Waals surface area contributed by atoms with E-state index in [1.165, 1.54) is 0 Å². The number of alkyl halides is 1. The lowest BCUT2D eigenvalue weighted by Gasteiger charge is -2.04. The first-order chi connectivity index (χ1) is 6.66. The van der Waals surface area contributed by atoms with Gasteiger partial charge in [0, 0.05) is 11.6 Å². The van der Waals surface area contributed by atoms with Gasteiger partial charge in [-0.25, -0.2) is 0 Å². The van der Waals surface area contributed by atoms with E-state index in [0.29, 0.717) is 5.02 Å². The molecule has 0 amide bonds. The van der Waals surface area contributed by atoms with Crippen LogP contribution in [0.1, 0.15) is 17.9 Å². The molecule has 0 fully saturated rings. The van der Waals surface area contributed by atoms with Gasteiger partial charge in [-0.3, -0.25) is 4.98 Å². The van der Waals surface area contributed by atoms with Gasteiger partial charge in [-0.2, -0.15) is 0 Å². The van der Waals surface area contributed by atoms with Crippen LogP contribution in [0.5, 0.6) is 0 Å². The highest BCUT2D eigenvalue weighted by Gasteiger charge is 2.03. The Bertz CT molecular complexity index is 466. The number of aromatic nitrogens is 1. The van der Waals surface area contributed by atoms with Gasteiger partial charge in [-0.15, -0.1) is 11.6 Å². The van der Waals surface area contributed by atoms with E-state index in [2.05, 4.69) is 4.98 Å². The Balaban J connectivity index is 2.63. The van der Waals surface area contributed by atoms with Crippen LogP contribution in [0.4, 0.5) is 0 Å². The molecule has 14 heavy (non-hydrogen) atoms. The molecule has 0 saturated heterocycles. The van der Waals surface area contributed by atoms with Gasteiger partial charge >= 0.3 is 0 Å². The number of pyridine rings is 1. The van der Waals surface area contributed by atoms with Gasteiger partial charge in [-0.05, 0) is 30.7 Å². The van der Waals surface area contributed by atoms with Crippen LogP contribution >= 0.6 is 23.2 Å². The summed E-state index contributed by atoms with van der Waals surface area (Å²) in [4.78, 5) is 4.21. The first-order valence-corrected chi connectivity index (χ1v) is 5.17. The van der Waals surface area contributed by atoms with E-state index in [1.807, 2.05) is 31.2 Å². The summed E-state index contributed by atoms with van der Waals surface area (Å²) in [6, 6.07) is 7.86. The third kappa shape index (κ3) is 1.84. The molecular weight excluding hydrogens is 217 g/mol. The second kappa shape index (κ2) is 3.76.